The first-order valence-corrected chi connectivity index (χ1v) is 6.62. The van der Waals surface area contributed by atoms with Gasteiger partial charge in [-0.3, -0.25) is 14.9 Å². The van der Waals surface area contributed by atoms with E-state index in [1.807, 2.05) is 6.92 Å². The molecule has 0 aliphatic heterocycles. The summed E-state index contributed by atoms with van der Waals surface area (Å²) in [6.07, 6.45) is 1.35. The number of hydrogen-bond acceptors (Lipinski definition) is 4. The Kier molecular flexibility index (Phi) is 6.11. The Morgan fingerprint density at radius 2 is 2.20 bits per heavy atom. The van der Waals surface area contributed by atoms with Gasteiger partial charge in [-0.25, -0.2) is 0 Å². The van der Waals surface area contributed by atoms with E-state index in [2.05, 4.69) is 5.32 Å². The summed E-state index contributed by atoms with van der Waals surface area (Å²) in [7, 11) is 0. The van der Waals surface area contributed by atoms with Gasteiger partial charge < -0.3 is 10.4 Å². The predicted octanol–water partition coefficient (Wildman–Crippen LogP) is 1.72. The summed E-state index contributed by atoms with van der Waals surface area (Å²) in [5.74, 6) is -0.186. The zero-order chi connectivity index (χ0) is 15.1. The lowest BCUT2D eigenvalue weighted by Crippen LogP contribution is -2.36. The molecule has 20 heavy (non-hydrogen) atoms. The molecule has 6 nitrogen and oxygen atoms in total. The molecule has 0 aliphatic rings. The summed E-state index contributed by atoms with van der Waals surface area (Å²) < 4.78 is 0. The van der Waals surface area contributed by atoms with Crippen LogP contribution in [-0.4, -0.2) is 28.6 Å². The second-order valence-corrected chi connectivity index (χ2v) is 4.68. The number of aliphatic hydroxyl groups excluding tert-OH is 1. The Balaban J connectivity index is 2.76. The lowest BCUT2D eigenvalue weighted by Gasteiger charge is -2.16. The first kappa shape index (κ1) is 16.1. The number of carbonyl (C=O) groups excluding carboxylic acids is 1. The van der Waals surface area contributed by atoms with Gasteiger partial charge in [0, 0.05) is 24.3 Å². The molecular weight excluding hydrogens is 260 g/mol. The molecular formula is C14H20N2O4. The van der Waals surface area contributed by atoms with Gasteiger partial charge in [0.25, 0.3) is 5.69 Å². The number of nitro benzene ring substituents is 1. The summed E-state index contributed by atoms with van der Waals surface area (Å²) in [6.45, 7) is 3.60. The quantitative estimate of drug-likeness (QED) is 0.587. The molecule has 1 unspecified atom stereocenters. The van der Waals surface area contributed by atoms with E-state index in [1.54, 1.807) is 19.1 Å². The minimum Gasteiger partial charge on any atom is -0.396 e. The zero-order valence-corrected chi connectivity index (χ0v) is 11.8. The van der Waals surface area contributed by atoms with Crippen LogP contribution in [0.4, 0.5) is 5.69 Å². The number of hydrogen-bond donors (Lipinski definition) is 2. The Bertz CT molecular complexity index is 488. The second kappa shape index (κ2) is 7.59. The Morgan fingerprint density at radius 1 is 1.50 bits per heavy atom. The van der Waals surface area contributed by atoms with Crippen LogP contribution in [0.2, 0.25) is 0 Å². The van der Waals surface area contributed by atoms with Crippen LogP contribution in [0.3, 0.4) is 0 Å². The van der Waals surface area contributed by atoms with Crippen molar-refractivity contribution in [2.45, 2.75) is 39.2 Å². The van der Waals surface area contributed by atoms with Crippen LogP contribution in [0.1, 0.15) is 30.9 Å². The first-order valence-electron chi connectivity index (χ1n) is 6.62. The van der Waals surface area contributed by atoms with Gasteiger partial charge in [0.05, 0.1) is 11.3 Å². The minimum atomic E-state index is -0.447. The highest BCUT2D eigenvalue weighted by atomic mass is 16.6. The maximum absolute atomic E-state index is 11.9. The van der Waals surface area contributed by atoms with Gasteiger partial charge in [0.2, 0.25) is 5.91 Å². The van der Waals surface area contributed by atoms with Crippen LogP contribution in [-0.2, 0) is 11.2 Å². The van der Waals surface area contributed by atoms with Gasteiger partial charge in [-0.15, -0.1) is 0 Å². The topological polar surface area (TPSA) is 92.5 Å². The van der Waals surface area contributed by atoms with Crippen molar-refractivity contribution < 1.29 is 14.8 Å². The number of rotatable bonds is 7. The molecule has 0 saturated carbocycles. The highest BCUT2D eigenvalue weighted by molar-refractivity contribution is 5.79. The SMILES string of the molecule is CCC(CCO)NC(=O)Cc1cccc([N+](=O)[O-])c1C. The van der Waals surface area contributed by atoms with E-state index in [0.717, 1.165) is 6.42 Å². The smallest absolute Gasteiger partial charge is 0.272 e. The average Bonchev–Trinajstić information content (AvgIpc) is 2.40. The number of amides is 1. The van der Waals surface area contributed by atoms with E-state index in [-0.39, 0.29) is 30.7 Å². The number of nitrogens with one attached hydrogen (secondary N) is 1. The molecule has 1 aromatic rings. The summed E-state index contributed by atoms with van der Waals surface area (Å²) in [4.78, 5) is 22.3. The molecule has 0 fully saturated rings. The molecule has 1 aromatic carbocycles. The fourth-order valence-electron chi connectivity index (χ4n) is 2.05. The molecule has 6 heteroatoms. The average molecular weight is 280 g/mol. The minimum absolute atomic E-state index is 0.0224. The molecule has 0 bridgehead atoms. The standard InChI is InChI=1S/C14H20N2O4/c1-3-12(7-8-17)15-14(18)9-11-5-4-6-13(10(11)2)16(19)20/h4-6,12,17H,3,7-9H2,1-2H3,(H,15,18). The molecule has 2 N–H and O–H groups in total. The van der Waals surface area contributed by atoms with Crippen molar-refractivity contribution in [2.75, 3.05) is 6.61 Å². The normalized spacial score (nSPS) is 11.9. The summed E-state index contributed by atoms with van der Waals surface area (Å²) in [5, 5.41) is 22.6. The fourth-order valence-corrected chi connectivity index (χ4v) is 2.05. The van der Waals surface area contributed by atoms with Crippen molar-refractivity contribution in [1.82, 2.24) is 5.32 Å². The monoisotopic (exact) mass is 280 g/mol. The first-order chi connectivity index (χ1) is 9.49. The molecule has 0 saturated heterocycles. The van der Waals surface area contributed by atoms with Crippen molar-refractivity contribution in [2.24, 2.45) is 0 Å². The summed E-state index contributed by atoms with van der Waals surface area (Å²) >= 11 is 0. The maximum atomic E-state index is 11.9. The van der Waals surface area contributed by atoms with Crippen molar-refractivity contribution >= 4 is 11.6 Å². The van der Waals surface area contributed by atoms with Crippen LogP contribution in [0, 0.1) is 17.0 Å². The molecule has 1 amide bonds. The van der Waals surface area contributed by atoms with Gasteiger partial charge >= 0.3 is 0 Å². The largest absolute Gasteiger partial charge is 0.396 e. The van der Waals surface area contributed by atoms with Crippen LogP contribution in [0.25, 0.3) is 0 Å². The van der Waals surface area contributed by atoms with Crippen LogP contribution in [0.15, 0.2) is 18.2 Å². The van der Waals surface area contributed by atoms with E-state index in [9.17, 15) is 14.9 Å². The third-order valence-corrected chi connectivity index (χ3v) is 3.30. The lowest BCUT2D eigenvalue weighted by molar-refractivity contribution is -0.385. The van der Waals surface area contributed by atoms with E-state index in [1.165, 1.54) is 6.07 Å². The molecule has 0 aromatic heterocycles. The molecule has 110 valence electrons. The zero-order valence-electron chi connectivity index (χ0n) is 11.8. The highest BCUT2D eigenvalue weighted by Crippen LogP contribution is 2.21. The van der Waals surface area contributed by atoms with Crippen molar-refractivity contribution in [3.8, 4) is 0 Å². The van der Waals surface area contributed by atoms with Gasteiger partial charge in [-0.05, 0) is 25.3 Å². The summed E-state index contributed by atoms with van der Waals surface area (Å²) in [6, 6.07) is 4.66. The number of nitro groups is 1. The van der Waals surface area contributed by atoms with E-state index in [4.69, 9.17) is 5.11 Å². The Hall–Kier alpha value is -1.95. The van der Waals surface area contributed by atoms with Crippen molar-refractivity contribution in [3.63, 3.8) is 0 Å². The third kappa shape index (κ3) is 4.31. The number of benzene rings is 1. The summed E-state index contributed by atoms with van der Waals surface area (Å²) in [5.41, 5.74) is 1.19. The van der Waals surface area contributed by atoms with Crippen molar-refractivity contribution in [1.29, 1.82) is 0 Å². The predicted molar refractivity (Wildman–Crippen MR) is 75.5 cm³/mol. The molecule has 1 rings (SSSR count). The fraction of sp³-hybridized carbons (Fsp3) is 0.500. The molecule has 0 heterocycles. The van der Waals surface area contributed by atoms with Crippen LogP contribution < -0.4 is 5.32 Å². The highest BCUT2D eigenvalue weighted by Gasteiger charge is 2.16. The molecule has 1 atom stereocenters. The lowest BCUT2D eigenvalue weighted by atomic mass is 10.0. The van der Waals surface area contributed by atoms with Crippen LogP contribution in [0.5, 0.6) is 0 Å². The Morgan fingerprint density at radius 3 is 2.75 bits per heavy atom. The van der Waals surface area contributed by atoms with Gasteiger partial charge in [0.15, 0.2) is 0 Å². The van der Waals surface area contributed by atoms with Gasteiger partial charge in [-0.2, -0.15) is 0 Å². The number of nitrogens with zero attached hydrogens (tertiary/aromatic N) is 1. The number of carbonyl (C=O) groups is 1. The Labute approximate surface area is 118 Å². The third-order valence-electron chi connectivity index (χ3n) is 3.30. The van der Waals surface area contributed by atoms with Gasteiger partial charge in [0.1, 0.15) is 0 Å². The molecule has 0 spiro atoms. The van der Waals surface area contributed by atoms with Gasteiger partial charge in [-0.1, -0.05) is 19.1 Å². The van der Waals surface area contributed by atoms with Crippen LogP contribution >= 0.6 is 0 Å². The molecule has 0 aliphatic carbocycles. The molecule has 0 radical (unpaired) electrons. The second-order valence-electron chi connectivity index (χ2n) is 4.68. The van der Waals surface area contributed by atoms with E-state index in [0.29, 0.717) is 17.5 Å². The van der Waals surface area contributed by atoms with E-state index >= 15 is 0 Å². The number of aliphatic hydroxyl groups is 1. The van der Waals surface area contributed by atoms with Crippen molar-refractivity contribution in [3.05, 3.63) is 39.4 Å². The maximum Gasteiger partial charge on any atom is 0.272 e. The van der Waals surface area contributed by atoms with E-state index < -0.39 is 4.92 Å².